The highest BCUT2D eigenvalue weighted by Crippen LogP contribution is 2.38. The lowest BCUT2D eigenvalue weighted by atomic mass is 10.0. The molecule has 1 saturated heterocycles. The van der Waals surface area contributed by atoms with Gasteiger partial charge in [-0.3, -0.25) is 4.79 Å². The molecule has 1 unspecified atom stereocenters. The molecular weight excluding hydrogens is 361 g/mol. The minimum Gasteiger partial charge on any atom is -0.477 e. The van der Waals surface area contributed by atoms with E-state index in [1.807, 2.05) is 9.47 Å². The Bertz CT molecular complexity index is 981. The molecule has 4 rings (SSSR count). The van der Waals surface area contributed by atoms with E-state index in [9.17, 15) is 19.1 Å². The molecule has 1 aromatic heterocycles. The number of piperazine rings is 1. The number of anilines is 1. The SMILES string of the molecule is CC(C)CC1CN(c2cc3c(cc2F)c(=O)c(C(=O)O)cn3C2CC2)CCN1. The number of nitrogens with one attached hydrogen (secondary N) is 1. The summed E-state index contributed by atoms with van der Waals surface area (Å²) >= 11 is 0. The van der Waals surface area contributed by atoms with Crippen LogP contribution in [0, 0.1) is 11.7 Å². The van der Waals surface area contributed by atoms with E-state index in [4.69, 9.17) is 0 Å². The van der Waals surface area contributed by atoms with Crippen molar-refractivity contribution in [1.82, 2.24) is 9.88 Å². The zero-order valence-electron chi connectivity index (χ0n) is 16.2. The van der Waals surface area contributed by atoms with Crippen molar-refractivity contribution in [3.63, 3.8) is 0 Å². The first-order valence-corrected chi connectivity index (χ1v) is 9.95. The van der Waals surface area contributed by atoms with Gasteiger partial charge in [-0.05, 0) is 37.3 Å². The maximum absolute atomic E-state index is 15.0. The second-order valence-corrected chi connectivity index (χ2v) is 8.36. The summed E-state index contributed by atoms with van der Waals surface area (Å²) < 4.78 is 16.8. The highest BCUT2D eigenvalue weighted by molar-refractivity contribution is 5.93. The van der Waals surface area contributed by atoms with Gasteiger partial charge in [-0.1, -0.05) is 13.8 Å². The molecule has 150 valence electrons. The Morgan fingerprint density at radius 3 is 2.75 bits per heavy atom. The number of carboxylic acids is 1. The van der Waals surface area contributed by atoms with Gasteiger partial charge in [0, 0.05) is 43.3 Å². The van der Waals surface area contributed by atoms with Crippen molar-refractivity contribution >= 4 is 22.6 Å². The fourth-order valence-electron chi connectivity index (χ4n) is 4.18. The largest absolute Gasteiger partial charge is 0.477 e. The van der Waals surface area contributed by atoms with Crippen LogP contribution in [-0.2, 0) is 0 Å². The normalized spacial score (nSPS) is 20.1. The summed E-state index contributed by atoms with van der Waals surface area (Å²) in [6.45, 7) is 6.53. The van der Waals surface area contributed by atoms with Crippen molar-refractivity contribution in [2.45, 2.75) is 45.2 Å². The topological polar surface area (TPSA) is 74.6 Å². The summed E-state index contributed by atoms with van der Waals surface area (Å²) in [6, 6.07) is 3.42. The molecule has 2 fully saturated rings. The monoisotopic (exact) mass is 387 g/mol. The van der Waals surface area contributed by atoms with E-state index in [0.717, 1.165) is 25.8 Å². The van der Waals surface area contributed by atoms with Gasteiger partial charge in [-0.15, -0.1) is 0 Å². The molecule has 6 nitrogen and oxygen atoms in total. The number of aromatic nitrogens is 1. The summed E-state index contributed by atoms with van der Waals surface area (Å²) in [7, 11) is 0. The number of pyridine rings is 1. The van der Waals surface area contributed by atoms with E-state index >= 15 is 0 Å². The molecule has 1 saturated carbocycles. The number of fused-ring (bicyclic) bond motifs is 1. The van der Waals surface area contributed by atoms with Crippen molar-refractivity contribution in [3.05, 3.63) is 39.9 Å². The maximum Gasteiger partial charge on any atom is 0.341 e. The number of aromatic carboxylic acids is 1. The average molecular weight is 387 g/mol. The van der Waals surface area contributed by atoms with Gasteiger partial charge in [0.1, 0.15) is 11.4 Å². The fraction of sp³-hybridized carbons (Fsp3) is 0.524. The first kappa shape index (κ1) is 18.9. The number of carboxylic acid groups (broad SMARTS) is 1. The van der Waals surface area contributed by atoms with E-state index in [1.165, 1.54) is 12.3 Å². The number of hydrogen-bond donors (Lipinski definition) is 2. The second kappa shape index (κ2) is 7.20. The summed E-state index contributed by atoms with van der Waals surface area (Å²) in [5.41, 5.74) is 0.182. The molecule has 1 aliphatic heterocycles. The molecule has 2 heterocycles. The molecule has 7 heteroatoms. The van der Waals surface area contributed by atoms with Crippen LogP contribution < -0.4 is 15.6 Å². The van der Waals surface area contributed by atoms with E-state index in [2.05, 4.69) is 19.2 Å². The highest BCUT2D eigenvalue weighted by Gasteiger charge is 2.29. The van der Waals surface area contributed by atoms with Crippen LogP contribution in [0.25, 0.3) is 10.9 Å². The van der Waals surface area contributed by atoms with Crippen molar-refractivity contribution in [2.24, 2.45) is 5.92 Å². The number of hydrogen-bond acceptors (Lipinski definition) is 4. The predicted octanol–water partition coefficient (Wildman–Crippen LogP) is 3.00. The summed E-state index contributed by atoms with van der Waals surface area (Å²) in [6.07, 6.45) is 4.31. The first-order chi connectivity index (χ1) is 13.3. The third-order valence-corrected chi connectivity index (χ3v) is 5.62. The Morgan fingerprint density at radius 1 is 1.36 bits per heavy atom. The number of carbonyl (C=O) groups is 1. The molecule has 2 aromatic rings. The number of halogens is 1. The Balaban J connectivity index is 1.79. The molecule has 1 aromatic carbocycles. The molecule has 1 aliphatic carbocycles. The Morgan fingerprint density at radius 2 is 2.11 bits per heavy atom. The van der Waals surface area contributed by atoms with Gasteiger partial charge in [-0.25, -0.2) is 9.18 Å². The van der Waals surface area contributed by atoms with Crippen LogP contribution in [0.1, 0.15) is 49.5 Å². The number of benzene rings is 1. The third kappa shape index (κ3) is 3.51. The lowest BCUT2D eigenvalue weighted by molar-refractivity contribution is 0.0695. The summed E-state index contributed by atoms with van der Waals surface area (Å²) in [5, 5.41) is 13.0. The quantitative estimate of drug-likeness (QED) is 0.825. The number of nitrogens with zero attached hydrogens (tertiary/aromatic N) is 2. The lowest BCUT2D eigenvalue weighted by Crippen LogP contribution is -2.51. The van der Waals surface area contributed by atoms with Crippen LogP contribution in [-0.4, -0.2) is 41.3 Å². The van der Waals surface area contributed by atoms with E-state index in [1.54, 1.807) is 6.07 Å². The van der Waals surface area contributed by atoms with Crippen LogP contribution >= 0.6 is 0 Å². The minimum absolute atomic E-state index is 0.141. The van der Waals surface area contributed by atoms with Crippen LogP contribution in [0.5, 0.6) is 0 Å². The molecule has 2 aliphatic rings. The summed E-state index contributed by atoms with van der Waals surface area (Å²) in [4.78, 5) is 26.1. The van der Waals surface area contributed by atoms with E-state index in [0.29, 0.717) is 36.3 Å². The fourth-order valence-corrected chi connectivity index (χ4v) is 4.18. The van der Waals surface area contributed by atoms with Gasteiger partial charge in [-0.2, -0.15) is 0 Å². The molecule has 0 amide bonds. The van der Waals surface area contributed by atoms with Gasteiger partial charge >= 0.3 is 5.97 Å². The van der Waals surface area contributed by atoms with Crippen molar-refractivity contribution < 1.29 is 14.3 Å². The third-order valence-electron chi connectivity index (χ3n) is 5.62. The Kier molecular flexibility index (Phi) is 4.87. The van der Waals surface area contributed by atoms with E-state index < -0.39 is 17.2 Å². The van der Waals surface area contributed by atoms with Gasteiger partial charge in [0.2, 0.25) is 5.43 Å². The molecule has 0 bridgehead atoms. The maximum atomic E-state index is 15.0. The van der Waals surface area contributed by atoms with Crippen LogP contribution in [0.15, 0.2) is 23.1 Å². The molecule has 2 N–H and O–H groups in total. The molecule has 0 spiro atoms. The smallest absolute Gasteiger partial charge is 0.341 e. The zero-order valence-corrected chi connectivity index (χ0v) is 16.2. The zero-order chi connectivity index (χ0) is 20.0. The lowest BCUT2D eigenvalue weighted by Gasteiger charge is -2.36. The van der Waals surface area contributed by atoms with Gasteiger partial charge < -0.3 is 19.9 Å². The molecule has 0 radical (unpaired) electrons. The van der Waals surface area contributed by atoms with Gasteiger partial charge in [0.15, 0.2) is 0 Å². The standard InChI is InChI=1S/C21H26FN3O3/c1-12(2)7-13-10-24(6-5-23-13)19-9-18-15(8-17(19)22)20(26)16(21(27)28)11-25(18)14-3-4-14/h8-9,11-14,23H,3-7,10H2,1-2H3,(H,27,28). The number of rotatable bonds is 5. The summed E-state index contributed by atoms with van der Waals surface area (Å²) in [5.74, 6) is -1.20. The van der Waals surface area contributed by atoms with Crippen molar-refractivity contribution in [3.8, 4) is 0 Å². The van der Waals surface area contributed by atoms with Crippen LogP contribution in [0.3, 0.4) is 0 Å². The van der Waals surface area contributed by atoms with Crippen LogP contribution in [0.2, 0.25) is 0 Å². The Labute approximate surface area is 163 Å². The molecular formula is C21H26FN3O3. The minimum atomic E-state index is -1.27. The van der Waals surface area contributed by atoms with Crippen molar-refractivity contribution in [2.75, 3.05) is 24.5 Å². The van der Waals surface area contributed by atoms with E-state index in [-0.39, 0.29) is 17.0 Å². The average Bonchev–Trinajstić information content (AvgIpc) is 3.46. The Hall–Kier alpha value is -2.41. The first-order valence-electron chi connectivity index (χ1n) is 9.95. The predicted molar refractivity (Wildman–Crippen MR) is 107 cm³/mol. The van der Waals surface area contributed by atoms with Crippen LogP contribution in [0.4, 0.5) is 10.1 Å². The highest BCUT2D eigenvalue weighted by atomic mass is 19.1. The molecule has 1 atom stereocenters. The van der Waals surface area contributed by atoms with Gasteiger partial charge in [0.05, 0.1) is 11.2 Å². The van der Waals surface area contributed by atoms with Crippen molar-refractivity contribution in [1.29, 1.82) is 0 Å². The van der Waals surface area contributed by atoms with Gasteiger partial charge in [0.25, 0.3) is 0 Å². The molecule has 28 heavy (non-hydrogen) atoms. The second-order valence-electron chi connectivity index (χ2n) is 8.36.